The van der Waals surface area contributed by atoms with Gasteiger partial charge in [-0.2, -0.15) is 0 Å². The third kappa shape index (κ3) is 4.43. The van der Waals surface area contributed by atoms with E-state index < -0.39 is 58.0 Å². The maximum atomic E-state index is 14.0. The van der Waals surface area contributed by atoms with E-state index in [4.69, 9.17) is 10.2 Å². The van der Waals surface area contributed by atoms with Crippen LogP contribution in [0.3, 0.4) is 0 Å². The highest BCUT2D eigenvalue weighted by Crippen LogP contribution is 2.53. The molecule has 0 radical (unpaired) electrons. The molecule has 11 nitrogen and oxygen atoms in total. The minimum atomic E-state index is -2.68. The number of carbonyl (C=O) groups excluding carboxylic acids is 3. The highest BCUT2D eigenvalue weighted by Gasteiger charge is 2.64. The molecule has 4 atom stereocenters. The second-order valence-corrected chi connectivity index (χ2v) is 11.8. The lowest BCUT2D eigenvalue weighted by atomic mass is 9.57. The molecule has 11 heteroatoms. The zero-order chi connectivity index (χ0) is 31.5. The van der Waals surface area contributed by atoms with E-state index in [1.165, 1.54) is 11.0 Å². The average molecular weight is 600 g/mol. The van der Waals surface area contributed by atoms with Crippen LogP contribution in [0, 0.1) is 11.8 Å². The normalized spacial score (nSPS) is 24.8. The molecule has 3 aliphatic carbocycles. The molecular formula is C33H33N3O8. The van der Waals surface area contributed by atoms with Crippen LogP contribution >= 0.6 is 0 Å². The van der Waals surface area contributed by atoms with Crippen LogP contribution in [0.25, 0.3) is 17.1 Å². The van der Waals surface area contributed by atoms with Gasteiger partial charge in [0.05, 0.1) is 18.2 Å². The first kappa shape index (κ1) is 29.4. The number of phenolic OH excluding ortho intramolecular Hbond substituents is 1. The zero-order valence-corrected chi connectivity index (χ0v) is 24.2. The Morgan fingerprint density at radius 2 is 1.77 bits per heavy atom. The third-order valence-electron chi connectivity index (χ3n) is 9.00. The van der Waals surface area contributed by atoms with E-state index in [1.54, 1.807) is 26.2 Å². The first-order chi connectivity index (χ1) is 20.9. The van der Waals surface area contributed by atoms with Crippen molar-refractivity contribution in [3.63, 3.8) is 0 Å². The fourth-order valence-corrected chi connectivity index (χ4v) is 7.02. The standard InChI is InChI=1S/C33H33N3O8/c1-36(2)27-21-13-17-12-20-19(23-11-8-18(44-23)15-35-14-16-6-4-3-5-7-16)9-10-22(37)25(20)28(38)24(17)30(40)33(21,43)31(41)26(29(27)39)32(34)42/h3-11,17,21,27,35,37-38,41,43H,12-15H2,1-2H3,(H2,34,42)/t17-,21-,27?,33-/m1/s1. The number of rotatable bonds is 7. The van der Waals surface area contributed by atoms with Crippen molar-refractivity contribution < 1.29 is 39.2 Å². The highest BCUT2D eigenvalue weighted by molar-refractivity contribution is 6.24. The summed E-state index contributed by atoms with van der Waals surface area (Å²) in [7, 11) is 3.12. The monoisotopic (exact) mass is 599 g/mol. The molecule has 1 aromatic heterocycles. The number of nitrogens with one attached hydrogen (secondary N) is 1. The number of benzene rings is 2. The van der Waals surface area contributed by atoms with Gasteiger partial charge in [0.15, 0.2) is 11.4 Å². The number of primary amides is 1. The van der Waals surface area contributed by atoms with Crippen LogP contribution in [0.1, 0.15) is 28.9 Å². The van der Waals surface area contributed by atoms with Crippen LogP contribution in [0.15, 0.2) is 75.9 Å². The largest absolute Gasteiger partial charge is 0.508 e. The van der Waals surface area contributed by atoms with Crippen molar-refractivity contribution in [3.8, 4) is 17.1 Å². The summed E-state index contributed by atoms with van der Waals surface area (Å²) in [6.45, 7) is 1.12. The average Bonchev–Trinajstić information content (AvgIpc) is 3.44. The third-order valence-corrected chi connectivity index (χ3v) is 9.00. The summed E-state index contributed by atoms with van der Waals surface area (Å²) in [5, 5.41) is 48.4. The van der Waals surface area contributed by atoms with Crippen LogP contribution in [0.2, 0.25) is 0 Å². The van der Waals surface area contributed by atoms with Gasteiger partial charge in [-0.1, -0.05) is 30.3 Å². The molecule has 228 valence electrons. The molecule has 1 fully saturated rings. The van der Waals surface area contributed by atoms with E-state index in [0.717, 1.165) is 5.56 Å². The molecule has 7 N–H and O–H groups in total. The summed E-state index contributed by atoms with van der Waals surface area (Å²) in [6, 6.07) is 15.5. The number of amides is 1. The quantitative estimate of drug-likeness (QED) is 0.220. The molecule has 6 rings (SSSR count). The summed E-state index contributed by atoms with van der Waals surface area (Å²) >= 11 is 0. The number of hydrogen-bond acceptors (Lipinski definition) is 10. The van der Waals surface area contributed by atoms with Gasteiger partial charge in [0, 0.05) is 23.6 Å². The number of nitrogens with zero attached hydrogens (tertiary/aromatic N) is 1. The van der Waals surface area contributed by atoms with Crippen LogP contribution < -0.4 is 11.1 Å². The minimum Gasteiger partial charge on any atom is -0.508 e. The molecule has 44 heavy (non-hydrogen) atoms. The molecule has 3 aromatic rings. The van der Waals surface area contributed by atoms with Gasteiger partial charge in [0.1, 0.15) is 34.4 Å². The second kappa shape index (κ2) is 10.8. The summed E-state index contributed by atoms with van der Waals surface area (Å²) in [4.78, 5) is 40.9. The molecule has 3 aliphatic rings. The number of carbonyl (C=O) groups is 3. The Balaban J connectivity index is 1.38. The van der Waals surface area contributed by atoms with E-state index >= 15 is 0 Å². The van der Waals surface area contributed by atoms with Gasteiger partial charge in [-0.3, -0.25) is 19.3 Å². The summed E-state index contributed by atoms with van der Waals surface area (Å²) < 4.78 is 6.14. The lowest BCUT2D eigenvalue weighted by molar-refractivity contribution is -0.153. The molecule has 1 heterocycles. The molecule has 2 aromatic carbocycles. The van der Waals surface area contributed by atoms with Crippen LogP contribution in [-0.4, -0.2) is 68.5 Å². The predicted octanol–water partition coefficient (Wildman–Crippen LogP) is 2.51. The van der Waals surface area contributed by atoms with Crippen molar-refractivity contribution in [2.45, 2.75) is 37.6 Å². The van der Waals surface area contributed by atoms with Crippen molar-refractivity contribution in [1.82, 2.24) is 10.2 Å². The maximum Gasteiger partial charge on any atom is 0.255 e. The molecule has 1 amide bonds. The van der Waals surface area contributed by atoms with Crippen molar-refractivity contribution >= 4 is 23.2 Å². The summed E-state index contributed by atoms with van der Waals surface area (Å²) in [6.07, 6.45) is 0.175. The number of aliphatic hydroxyl groups is 3. The minimum absolute atomic E-state index is 0.00761. The van der Waals surface area contributed by atoms with Crippen molar-refractivity contribution in [1.29, 1.82) is 0 Å². The highest BCUT2D eigenvalue weighted by atomic mass is 16.4. The Morgan fingerprint density at radius 1 is 1.05 bits per heavy atom. The van der Waals surface area contributed by atoms with Crippen LogP contribution in [0.4, 0.5) is 0 Å². The number of phenols is 1. The van der Waals surface area contributed by atoms with Crippen molar-refractivity contribution in [2.75, 3.05) is 14.1 Å². The van der Waals surface area contributed by atoms with Gasteiger partial charge in [0.2, 0.25) is 5.78 Å². The number of hydrogen-bond donors (Lipinski definition) is 6. The summed E-state index contributed by atoms with van der Waals surface area (Å²) in [5.41, 5.74) is 3.94. The van der Waals surface area contributed by atoms with Gasteiger partial charge in [-0.15, -0.1) is 0 Å². The Labute approximate surface area is 252 Å². The van der Waals surface area contributed by atoms with E-state index in [1.807, 2.05) is 36.4 Å². The Bertz CT molecular complexity index is 1760. The van der Waals surface area contributed by atoms with Crippen LogP contribution in [0.5, 0.6) is 5.75 Å². The number of fused-ring (bicyclic) bond motifs is 3. The number of likely N-dealkylation sites (N-methyl/N-ethyl adjacent to an activating group) is 1. The molecule has 0 aliphatic heterocycles. The Morgan fingerprint density at radius 3 is 2.45 bits per heavy atom. The van der Waals surface area contributed by atoms with Crippen molar-refractivity contribution in [2.24, 2.45) is 17.6 Å². The zero-order valence-electron chi connectivity index (χ0n) is 24.2. The number of ketones is 2. The molecular weight excluding hydrogens is 566 g/mol. The fourth-order valence-electron chi connectivity index (χ4n) is 7.02. The first-order valence-electron chi connectivity index (χ1n) is 14.3. The van der Waals surface area contributed by atoms with E-state index in [2.05, 4.69) is 5.32 Å². The number of aliphatic hydroxyl groups excluding tert-OH is 2. The van der Waals surface area contributed by atoms with Gasteiger partial charge in [-0.25, -0.2) is 0 Å². The van der Waals surface area contributed by atoms with Gasteiger partial charge in [-0.05, 0) is 68.2 Å². The Hall–Kier alpha value is -4.71. The molecule has 1 unspecified atom stereocenters. The SMILES string of the molecule is CN(C)C1C(=O)C(C(N)=O)=C(O)[C@]2(O)C(=O)C3=C(O)c4c(O)ccc(-c5ccc(CNCc6ccccc6)o5)c4C[C@@H]3C[C@H]12. The van der Waals surface area contributed by atoms with Gasteiger partial charge in [0.25, 0.3) is 5.91 Å². The summed E-state index contributed by atoms with van der Waals surface area (Å²) in [5.74, 6) is -5.71. The lowest BCUT2D eigenvalue weighted by Gasteiger charge is -2.50. The number of aromatic hydroxyl groups is 1. The molecule has 0 bridgehead atoms. The maximum absolute atomic E-state index is 14.0. The Kier molecular flexibility index (Phi) is 7.19. The van der Waals surface area contributed by atoms with Gasteiger partial charge < -0.3 is 35.9 Å². The smallest absolute Gasteiger partial charge is 0.255 e. The fraction of sp³-hybridized carbons (Fsp3) is 0.303. The van der Waals surface area contributed by atoms with Crippen molar-refractivity contribution in [3.05, 3.63) is 94.0 Å². The van der Waals surface area contributed by atoms with Crippen LogP contribution in [-0.2, 0) is 33.9 Å². The number of nitrogens with two attached hydrogens (primary N) is 1. The van der Waals surface area contributed by atoms with E-state index in [-0.39, 0.29) is 29.7 Å². The molecule has 1 saturated carbocycles. The molecule has 0 saturated heterocycles. The predicted molar refractivity (Wildman–Crippen MR) is 159 cm³/mol. The molecule has 0 spiro atoms. The topological polar surface area (TPSA) is 187 Å². The van der Waals surface area contributed by atoms with E-state index in [9.17, 15) is 34.8 Å². The first-order valence-corrected chi connectivity index (χ1v) is 14.3. The lowest BCUT2D eigenvalue weighted by Crippen LogP contribution is -2.65. The number of furan rings is 1. The number of Topliss-reactive ketones (excluding diaryl/α,β-unsaturated/α-hetero) is 2. The van der Waals surface area contributed by atoms with E-state index in [0.29, 0.717) is 35.7 Å². The second-order valence-electron chi connectivity index (χ2n) is 11.8. The van der Waals surface area contributed by atoms with Gasteiger partial charge >= 0.3 is 0 Å².